The highest BCUT2D eigenvalue weighted by Crippen LogP contribution is 2.42. The van der Waals surface area contributed by atoms with Crippen LogP contribution in [0.1, 0.15) is 65.5 Å². The maximum Gasteiger partial charge on any atom is 0.408 e. The molecule has 9 rings (SSSR count). The number of methoxy groups -OCH3 is 2. The van der Waals surface area contributed by atoms with Gasteiger partial charge in [0.2, 0.25) is 22.4 Å². The quantitative estimate of drug-likeness (QED) is 0.0810. The van der Waals surface area contributed by atoms with Crippen molar-refractivity contribution in [1.82, 2.24) is 14.5 Å². The molecule has 5 atom stereocenters. The van der Waals surface area contributed by atoms with Gasteiger partial charge in [-0.25, -0.2) is 13.2 Å². The van der Waals surface area contributed by atoms with Gasteiger partial charge in [0.25, 0.3) is 0 Å². The molecule has 0 spiro atoms. The first kappa shape index (κ1) is 46.9. The van der Waals surface area contributed by atoms with E-state index in [0.717, 1.165) is 48.3 Å². The molecule has 4 aliphatic heterocycles. The van der Waals surface area contributed by atoms with Crippen LogP contribution in [0, 0.1) is 11.8 Å². The molecule has 5 aromatic rings. The highest BCUT2D eigenvalue weighted by Gasteiger charge is 2.43. The molecule has 4 saturated heterocycles. The molecule has 2 N–H and O–H groups in total. The van der Waals surface area contributed by atoms with E-state index < -0.39 is 46.0 Å². The molecule has 5 heterocycles. The number of fused-ring (bicyclic) bond motifs is 3. The Morgan fingerprint density at radius 1 is 0.848 bits per heavy atom. The molecule has 14 nitrogen and oxygen atoms in total. The van der Waals surface area contributed by atoms with E-state index in [2.05, 4.69) is 10.2 Å². The van der Waals surface area contributed by atoms with Crippen LogP contribution >= 0.6 is 23.2 Å². The number of amides is 1. The average Bonchev–Trinajstić information content (AvgIpc) is 3.33. The Morgan fingerprint density at radius 3 is 2.20 bits per heavy atom. The van der Waals surface area contributed by atoms with Gasteiger partial charge in [0.15, 0.2) is 11.5 Å². The molecule has 17 heteroatoms. The highest BCUT2D eigenvalue weighted by molar-refractivity contribution is 7.89. The van der Waals surface area contributed by atoms with Crippen molar-refractivity contribution in [3.8, 4) is 17.2 Å². The number of carboxylic acid groups (broad SMARTS) is 1. The first-order valence-electron chi connectivity index (χ1n) is 21.9. The van der Waals surface area contributed by atoms with Crippen LogP contribution in [0.25, 0.3) is 0 Å². The Hall–Kier alpha value is -5.58. The van der Waals surface area contributed by atoms with Crippen LogP contribution in [0.4, 0.5) is 4.79 Å². The van der Waals surface area contributed by atoms with Crippen molar-refractivity contribution < 1.29 is 52.0 Å². The van der Waals surface area contributed by atoms with Gasteiger partial charge in [0.1, 0.15) is 28.5 Å². The summed E-state index contributed by atoms with van der Waals surface area (Å²) >= 11 is 13.2. The van der Waals surface area contributed by atoms with Crippen molar-refractivity contribution in [3.63, 3.8) is 0 Å². The number of benzene rings is 4. The van der Waals surface area contributed by atoms with Gasteiger partial charge in [-0.1, -0.05) is 83.9 Å². The number of ether oxygens (including phenoxy) is 4. The van der Waals surface area contributed by atoms with Gasteiger partial charge in [-0.15, -0.1) is 0 Å². The summed E-state index contributed by atoms with van der Waals surface area (Å²) in [6, 6.07) is 27.3. The van der Waals surface area contributed by atoms with Crippen LogP contribution in [0.2, 0.25) is 10.0 Å². The first-order chi connectivity index (χ1) is 31.8. The number of rotatable bonds is 16. The number of aliphatic carboxylic acids is 1. The van der Waals surface area contributed by atoms with E-state index in [1.165, 1.54) is 43.1 Å². The van der Waals surface area contributed by atoms with E-state index in [1.54, 1.807) is 30.3 Å². The van der Waals surface area contributed by atoms with E-state index in [9.17, 15) is 28.3 Å². The van der Waals surface area contributed by atoms with Gasteiger partial charge in [-0.3, -0.25) is 10.1 Å². The summed E-state index contributed by atoms with van der Waals surface area (Å²) in [6.45, 7) is 2.85. The monoisotopic (exact) mass is 958 g/mol. The second kappa shape index (κ2) is 20.5. The van der Waals surface area contributed by atoms with Gasteiger partial charge in [0, 0.05) is 47.2 Å². The van der Waals surface area contributed by atoms with Gasteiger partial charge in [0.05, 0.1) is 25.2 Å². The molecule has 66 heavy (non-hydrogen) atoms. The lowest BCUT2D eigenvalue weighted by Gasteiger charge is -2.43. The summed E-state index contributed by atoms with van der Waals surface area (Å²) in [4.78, 5) is 28.1. The number of carboxylic acids is 1. The van der Waals surface area contributed by atoms with Crippen LogP contribution < -0.4 is 29.4 Å². The zero-order valence-electron chi connectivity index (χ0n) is 36.6. The zero-order chi connectivity index (χ0) is 46.5. The largest absolute Gasteiger partial charge is 0.550 e. The minimum Gasteiger partial charge on any atom is -0.550 e. The Kier molecular flexibility index (Phi) is 14.6. The lowest BCUT2D eigenvalue weighted by atomic mass is 9.79. The summed E-state index contributed by atoms with van der Waals surface area (Å²) in [5.41, 5.74) is 3.42. The summed E-state index contributed by atoms with van der Waals surface area (Å²) in [5, 5.41) is 25.9. The highest BCUT2D eigenvalue weighted by atomic mass is 35.5. The predicted octanol–water partition coefficient (Wildman–Crippen LogP) is 6.57. The molecular formula is C49H52Cl2N4O10S. The zero-order valence-corrected chi connectivity index (χ0v) is 38.9. The molecule has 4 aliphatic rings. The fourth-order valence-corrected chi connectivity index (χ4v) is 11.8. The third-order valence-electron chi connectivity index (χ3n) is 13.1. The molecule has 1 aromatic heterocycles. The molecule has 0 saturated carbocycles. The van der Waals surface area contributed by atoms with Crippen molar-refractivity contribution in [2.75, 3.05) is 40.4 Å². The smallest absolute Gasteiger partial charge is 0.408 e. The Balaban J connectivity index is 1.02. The number of hydrogen-bond acceptors (Lipinski definition) is 11. The van der Waals surface area contributed by atoms with E-state index in [1.807, 2.05) is 54.6 Å². The number of nitrogens with zero attached hydrogens (tertiary/aromatic N) is 3. The molecular weight excluding hydrogens is 908 g/mol. The summed E-state index contributed by atoms with van der Waals surface area (Å²) in [5.74, 6) is -1.17. The van der Waals surface area contributed by atoms with E-state index in [-0.39, 0.29) is 53.5 Å². The van der Waals surface area contributed by atoms with Crippen LogP contribution in [0.3, 0.4) is 0 Å². The topological polar surface area (TPSA) is 171 Å². The van der Waals surface area contributed by atoms with E-state index in [4.69, 9.17) is 42.1 Å². The van der Waals surface area contributed by atoms with Crippen LogP contribution in [-0.2, 0) is 32.6 Å². The Morgan fingerprint density at radius 2 is 1.55 bits per heavy atom. The van der Waals surface area contributed by atoms with E-state index >= 15 is 0 Å². The number of nitrogens with one attached hydrogen (secondary N) is 1. The predicted molar refractivity (Wildman–Crippen MR) is 243 cm³/mol. The van der Waals surface area contributed by atoms with Crippen molar-refractivity contribution in [2.45, 2.75) is 67.7 Å². The number of pyridine rings is 1. The molecule has 0 radical (unpaired) electrons. The van der Waals surface area contributed by atoms with Crippen molar-refractivity contribution in [3.05, 3.63) is 147 Å². The summed E-state index contributed by atoms with van der Waals surface area (Å²) in [7, 11) is -1.26. The lowest BCUT2D eigenvalue weighted by Crippen LogP contribution is -2.52. The second-order valence-electron chi connectivity index (χ2n) is 17.0. The van der Waals surface area contributed by atoms with Gasteiger partial charge >= 0.3 is 6.09 Å². The van der Waals surface area contributed by atoms with Gasteiger partial charge in [-0.05, 0) is 110 Å². The fraction of sp³-hybridized carbons (Fsp3) is 0.367. The number of sulfonamides is 1. The van der Waals surface area contributed by atoms with Crippen molar-refractivity contribution >= 4 is 45.3 Å². The van der Waals surface area contributed by atoms with Crippen molar-refractivity contribution in [1.29, 1.82) is 0 Å². The second-order valence-corrected chi connectivity index (χ2v) is 19.7. The SMILES string of the molecule is COc1ccc([C@H](Cc2c(Cl)c[n+](O)cc2Cl)C2CC(C(=O)[O-])CCN2S(=O)(=O)c2ccc(COc3cccc([C@@H](NC(=O)O[C@H]4CN5CCC4CC5)c4ccccc4)c3)cc2)cc1OC. The minimum absolute atomic E-state index is 0.00946. The lowest BCUT2D eigenvalue weighted by molar-refractivity contribution is -0.904. The Labute approximate surface area is 394 Å². The standard InChI is InChI=1S/C49H52Cl2N4O10S/c1-62-44-16-13-34(25-45(44)63-2)39(26-40-41(50)27-54(59)28-42(40)51)43-24-36(48(56)57)19-22-55(43)66(60,61)38-14-11-31(12-15-38)30-64-37-10-6-9-35(23-37)47(33-7-4-3-5-8-33)52-49(58)65-46-29-53-20-17-32(46)18-21-53/h3-16,23,25,27-28,32,36,39,43,46-47H,17-22,24,26,29-30H2,1-2H3,(H2-,52,56,57,58,59)/t36?,39-,43?,46-,47-/m0/s1. The molecule has 2 unspecified atom stereocenters. The number of carbonyl (C=O) groups is 2. The van der Waals surface area contributed by atoms with Crippen LogP contribution in [-0.4, -0.2) is 87.4 Å². The third kappa shape index (κ3) is 10.5. The normalized spacial score (nSPS) is 21.6. The Bertz CT molecular complexity index is 2610. The van der Waals surface area contributed by atoms with Crippen molar-refractivity contribution in [2.24, 2.45) is 11.8 Å². The average molecular weight is 960 g/mol. The van der Waals surface area contributed by atoms with E-state index in [0.29, 0.717) is 39.9 Å². The molecule has 2 bridgehead atoms. The molecule has 4 fully saturated rings. The summed E-state index contributed by atoms with van der Waals surface area (Å²) < 4.78 is 54.9. The van der Waals surface area contributed by atoms with Crippen LogP contribution in [0.15, 0.2) is 114 Å². The van der Waals surface area contributed by atoms with Gasteiger partial charge in [-0.2, -0.15) is 4.31 Å². The number of hydrogen-bond donors (Lipinski definition) is 2. The molecule has 4 aromatic carbocycles. The molecule has 0 aliphatic carbocycles. The minimum atomic E-state index is -4.24. The number of aromatic nitrogens is 1. The number of piperidine rings is 4. The molecule has 348 valence electrons. The first-order valence-corrected chi connectivity index (χ1v) is 24.1. The maximum atomic E-state index is 14.8. The maximum absolute atomic E-state index is 14.8. The number of carbonyl (C=O) groups excluding carboxylic acids is 2. The third-order valence-corrected chi connectivity index (χ3v) is 15.7. The van der Waals surface area contributed by atoms with Crippen LogP contribution in [0.5, 0.6) is 17.2 Å². The number of alkyl carbamates (subject to hydrolysis) is 1. The number of halogens is 2. The van der Waals surface area contributed by atoms with Gasteiger partial charge < -0.3 is 34.2 Å². The molecule has 1 amide bonds. The summed E-state index contributed by atoms with van der Waals surface area (Å²) in [6.07, 6.45) is 4.05. The fourth-order valence-electron chi connectivity index (χ4n) is 9.55.